The topological polar surface area (TPSA) is 20.2 Å². The molecule has 0 aromatic heterocycles. The molecule has 0 aromatic rings. The van der Waals surface area contributed by atoms with E-state index in [1.807, 2.05) is 6.92 Å². The number of fused-ring (bicyclic) bond motifs is 1. The molecule has 2 aliphatic carbocycles. The summed E-state index contributed by atoms with van der Waals surface area (Å²) in [6.45, 7) is 0.00181. The van der Waals surface area contributed by atoms with Crippen LogP contribution in [0.4, 0.5) is 0 Å². The zero-order chi connectivity index (χ0) is 12.0. The third-order valence-corrected chi connectivity index (χ3v) is 4.30. The van der Waals surface area contributed by atoms with Crippen LogP contribution in [0.5, 0.6) is 0 Å². The van der Waals surface area contributed by atoms with Gasteiger partial charge in [0, 0.05) is 4.11 Å². The first-order valence-corrected chi connectivity index (χ1v) is 5.56. The fraction of sp³-hybridized carbons (Fsp3) is 1.00. The van der Waals surface area contributed by atoms with Crippen LogP contribution in [-0.2, 0) is 0 Å². The SMILES string of the molecule is [2H]C([2H])([2H])[C@]12CCCC[C@]1(O)[C@@H](C)CCC2. The van der Waals surface area contributed by atoms with Gasteiger partial charge in [-0.05, 0) is 37.0 Å². The van der Waals surface area contributed by atoms with Crippen LogP contribution in [0.2, 0.25) is 0 Å². The Labute approximate surface area is 85.8 Å². The van der Waals surface area contributed by atoms with Crippen LogP contribution >= 0.6 is 0 Å². The summed E-state index contributed by atoms with van der Waals surface area (Å²) in [5, 5.41) is 10.9. The van der Waals surface area contributed by atoms with Gasteiger partial charge < -0.3 is 5.11 Å². The predicted octanol–water partition coefficient (Wildman–Crippen LogP) is 3.12. The second-order valence-electron chi connectivity index (χ2n) is 5.01. The van der Waals surface area contributed by atoms with Crippen LogP contribution < -0.4 is 0 Å². The van der Waals surface area contributed by atoms with E-state index >= 15 is 0 Å². The highest BCUT2D eigenvalue weighted by Gasteiger charge is 2.52. The second kappa shape index (κ2) is 2.98. The van der Waals surface area contributed by atoms with Gasteiger partial charge in [0.15, 0.2) is 0 Å². The molecule has 0 bridgehead atoms. The lowest BCUT2D eigenvalue weighted by atomic mass is 9.54. The Balaban J connectivity index is 2.44. The van der Waals surface area contributed by atoms with Gasteiger partial charge in [0.1, 0.15) is 0 Å². The maximum absolute atomic E-state index is 10.9. The fourth-order valence-electron chi connectivity index (χ4n) is 3.29. The molecule has 3 atom stereocenters. The van der Waals surface area contributed by atoms with Crippen molar-refractivity contribution < 1.29 is 9.22 Å². The van der Waals surface area contributed by atoms with Gasteiger partial charge in [0.2, 0.25) is 0 Å². The average Bonchev–Trinajstić information content (AvgIpc) is 2.18. The largest absolute Gasteiger partial charge is 0.389 e. The standard InChI is InChI=1S/C12H22O/c1-10-6-5-8-11(2)7-3-4-9-12(10,11)13/h10,13H,3-9H2,1-2H3/t10-,11+,12-/m0/s1/i2D3. The third kappa shape index (κ3) is 1.24. The highest BCUT2D eigenvalue weighted by Crippen LogP contribution is 2.55. The summed E-state index contributed by atoms with van der Waals surface area (Å²) in [6.07, 6.45) is 5.85. The van der Waals surface area contributed by atoms with Gasteiger partial charge in [0.25, 0.3) is 0 Å². The summed E-state index contributed by atoms with van der Waals surface area (Å²) in [5.41, 5.74) is -1.77. The minimum Gasteiger partial charge on any atom is -0.389 e. The molecule has 2 saturated carbocycles. The van der Waals surface area contributed by atoms with Crippen LogP contribution in [0.25, 0.3) is 0 Å². The van der Waals surface area contributed by atoms with Crippen LogP contribution in [0.1, 0.15) is 62.8 Å². The molecule has 2 rings (SSSR count). The van der Waals surface area contributed by atoms with E-state index < -0.39 is 17.9 Å². The summed E-state index contributed by atoms with van der Waals surface area (Å²) in [7, 11) is 0. The lowest BCUT2D eigenvalue weighted by Gasteiger charge is -2.55. The lowest BCUT2D eigenvalue weighted by molar-refractivity contribution is -0.164. The molecule has 0 heterocycles. The first kappa shape index (κ1) is 6.44. The zero-order valence-corrected chi connectivity index (χ0v) is 8.47. The normalized spacial score (nSPS) is 55.8. The van der Waals surface area contributed by atoms with Crippen molar-refractivity contribution in [3.63, 3.8) is 0 Å². The van der Waals surface area contributed by atoms with Crippen molar-refractivity contribution >= 4 is 0 Å². The monoisotopic (exact) mass is 185 g/mol. The highest BCUT2D eigenvalue weighted by molar-refractivity contribution is 5.04. The summed E-state index contributed by atoms with van der Waals surface area (Å²) < 4.78 is 23.5. The molecule has 2 fully saturated rings. The Bertz CT molecular complexity index is 272. The number of hydrogen-bond donors (Lipinski definition) is 1. The Hall–Kier alpha value is -0.0400. The van der Waals surface area contributed by atoms with Gasteiger partial charge in [-0.1, -0.05) is 33.0 Å². The molecule has 1 nitrogen and oxygen atoms in total. The minimum absolute atomic E-state index is 0.127. The van der Waals surface area contributed by atoms with E-state index in [0.717, 1.165) is 25.7 Å². The summed E-state index contributed by atoms with van der Waals surface area (Å²) in [6, 6.07) is 0. The van der Waals surface area contributed by atoms with E-state index in [-0.39, 0.29) is 5.92 Å². The fourth-order valence-corrected chi connectivity index (χ4v) is 3.29. The molecule has 0 spiro atoms. The van der Waals surface area contributed by atoms with Crippen LogP contribution in [0.3, 0.4) is 0 Å². The van der Waals surface area contributed by atoms with Crippen molar-refractivity contribution in [3.8, 4) is 0 Å². The lowest BCUT2D eigenvalue weighted by Crippen LogP contribution is -2.55. The molecular weight excluding hydrogens is 160 g/mol. The number of rotatable bonds is 0. The molecule has 2 aliphatic rings. The van der Waals surface area contributed by atoms with Crippen molar-refractivity contribution in [2.24, 2.45) is 11.3 Å². The van der Waals surface area contributed by atoms with E-state index in [4.69, 9.17) is 4.11 Å². The molecule has 1 heteroatoms. The molecule has 0 unspecified atom stereocenters. The first-order chi connectivity index (χ1) is 7.33. The Morgan fingerprint density at radius 1 is 1.23 bits per heavy atom. The average molecular weight is 185 g/mol. The molecule has 0 aromatic carbocycles. The molecular formula is C12H22O. The summed E-state index contributed by atoms with van der Waals surface area (Å²) in [5.74, 6) is 0.127. The Morgan fingerprint density at radius 3 is 2.62 bits per heavy atom. The maximum Gasteiger partial charge on any atom is 0.0726 e. The summed E-state index contributed by atoms with van der Waals surface area (Å²) in [4.78, 5) is 0. The van der Waals surface area contributed by atoms with Crippen molar-refractivity contribution in [1.82, 2.24) is 0 Å². The molecule has 1 N–H and O–H groups in total. The number of hydrogen-bond acceptors (Lipinski definition) is 1. The quantitative estimate of drug-likeness (QED) is 0.615. The molecule has 0 radical (unpaired) electrons. The number of aliphatic hydroxyl groups is 1. The van der Waals surface area contributed by atoms with Crippen molar-refractivity contribution in [3.05, 3.63) is 0 Å². The molecule has 0 saturated heterocycles. The van der Waals surface area contributed by atoms with Gasteiger partial charge in [-0.3, -0.25) is 0 Å². The van der Waals surface area contributed by atoms with Crippen molar-refractivity contribution in [1.29, 1.82) is 0 Å². The van der Waals surface area contributed by atoms with Gasteiger partial charge in [0.05, 0.1) is 5.60 Å². The van der Waals surface area contributed by atoms with Crippen LogP contribution in [0, 0.1) is 11.3 Å². The molecule has 76 valence electrons. The van der Waals surface area contributed by atoms with Gasteiger partial charge in [-0.25, -0.2) is 0 Å². The third-order valence-electron chi connectivity index (χ3n) is 4.30. The zero-order valence-electron chi connectivity index (χ0n) is 11.5. The molecule has 13 heavy (non-hydrogen) atoms. The summed E-state index contributed by atoms with van der Waals surface area (Å²) >= 11 is 0. The van der Waals surface area contributed by atoms with E-state index in [1.165, 1.54) is 0 Å². The van der Waals surface area contributed by atoms with Gasteiger partial charge >= 0.3 is 0 Å². The first-order valence-electron chi connectivity index (χ1n) is 7.06. The Morgan fingerprint density at radius 2 is 1.92 bits per heavy atom. The minimum atomic E-state index is -2.02. The van der Waals surface area contributed by atoms with Crippen LogP contribution in [-0.4, -0.2) is 10.7 Å². The smallest absolute Gasteiger partial charge is 0.0726 e. The van der Waals surface area contributed by atoms with E-state index in [2.05, 4.69) is 0 Å². The van der Waals surface area contributed by atoms with Gasteiger partial charge in [-0.2, -0.15) is 0 Å². The van der Waals surface area contributed by atoms with E-state index in [9.17, 15) is 5.11 Å². The van der Waals surface area contributed by atoms with Crippen molar-refractivity contribution in [2.45, 2.75) is 64.3 Å². The maximum atomic E-state index is 10.9. The predicted molar refractivity (Wildman–Crippen MR) is 54.5 cm³/mol. The highest BCUT2D eigenvalue weighted by atomic mass is 16.3. The van der Waals surface area contributed by atoms with Crippen LogP contribution in [0.15, 0.2) is 0 Å². The van der Waals surface area contributed by atoms with Gasteiger partial charge in [-0.15, -0.1) is 0 Å². The second-order valence-corrected chi connectivity index (χ2v) is 5.01. The molecule has 0 amide bonds. The molecule has 0 aliphatic heterocycles. The van der Waals surface area contributed by atoms with E-state index in [1.54, 1.807) is 0 Å². The van der Waals surface area contributed by atoms with E-state index in [0.29, 0.717) is 19.3 Å². The van der Waals surface area contributed by atoms with Crippen molar-refractivity contribution in [2.75, 3.05) is 0 Å². The Kier molecular flexibility index (Phi) is 1.48.